The Bertz CT molecular complexity index is 1140. The Morgan fingerprint density at radius 1 is 1.22 bits per heavy atom. The van der Waals surface area contributed by atoms with Gasteiger partial charge in [0, 0.05) is 44.0 Å². The summed E-state index contributed by atoms with van der Waals surface area (Å²) in [5.74, 6) is 0.311. The lowest BCUT2D eigenvalue weighted by atomic mass is 9.83. The Morgan fingerprint density at radius 2 is 1.92 bits per heavy atom. The number of anilines is 1. The van der Waals surface area contributed by atoms with Gasteiger partial charge in [-0.05, 0) is 38.5 Å². The van der Waals surface area contributed by atoms with Crippen LogP contribution in [0.2, 0.25) is 0 Å². The van der Waals surface area contributed by atoms with E-state index in [9.17, 15) is 20.0 Å². The van der Waals surface area contributed by atoms with Crippen LogP contribution in [0, 0.1) is 10.1 Å². The van der Waals surface area contributed by atoms with Gasteiger partial charge in [-0.25, -0.2) is 4.79 Å². The van der Waals surface area contributed by atoms with Gasteiger partial charge in [0.2, 0.25) is 0 Å². The first-order valence-electron chi connectivity index (χ1n) is 11.5. The van der Waals surface area contributed by atoms with E-state index in [2.05, 4.69) is 0 Å². The summed E-state index contributed by atoms with van der Waals surface area (Å²) in [6, 6.07) is 10.7. The molecule has 0 radical (unpaired) electrons. The van der Waals surface area contributed by atoms with Crippen molar-refractivity contribution in [2.75, 3.05) is 19.1 Å². The van der Waals surface area contributed by atoms with Crippen LogP contribution in [0.3, 0.4) is 0 Å². The largest absolute Gasteiger partial charge is 0.510 e. The maximum atomic E-state index is 12.5. The topological polar surface area (TPSA) is 130 Å². The van der Waals surface area contributed by atoms with Crippen LogP contribution in [0.4, 0.5) is 16.2 Å². The standard InChI is InChI=1S/C25H30N2O9/c1-14(2)34-24(29)35-20-12-15-8-6-7-9-18(15)26(20)21-17-13-16(27(30)31)10-11-19(17)36-25(3,22(21)28)23(32-4)33-5/h6-11,13-14,20-23,28H,12H2,1-5H3/t20-,21-,22+,25-/m0/s1. The minimum Gasteiger partial charge on any atom is -0.479 e. The molecule has 11 nitrogen and oxygen atoms in total. The van der Waals surface area contributed by atoms with E-state index < -0.39 is 41.3 Å². The molecule has 0 spiro atoms. The van der Waals surface area contributed by atoms with E-state index in [4.69, 9.17) is 23.7 Å². The van der Waals surface area contributed by atoms with Gasteiger partial charge in [-0.2, -0.15) is 0 Å². The van der Waals surface area contributed by atoms with Crippen molar-refractivity contribution in [2.24, 2.45) is 0 Å². The van der Waals surface area contributed by atoms with Crippen molar-refractivity contribution in [2.45, 2.75) is 63.6 Å². The number of aliphatic hydroxyl groups excluding tert-OH is 1. The van der Waals surface area contributed by atoms with Crippen molar-refractivity contribution in [3.05, 3.63) is 63.7 Å². The first-order valence-corrected chi connectivity index (χ1v) is 11.5. The molecule has 0 aromatic heterocycles. The Morgan fingerprint density at radius 3 is 2.56 bits per heavy atom. The third-order valence-electron chi connectivity index (χ3n) is 6.47. The van der Waals surface area contributed by atoms with Gasteiger partial charge in [0.15, 0.2) is 18.1 Å². The normalized spacial score (nSPS) is 24.8. The van der Waals surface area contributed by atoms with Crippen molar-refractivity contribution in [3.8, 4) is 5.75 Å². The number of nitro benzene ring substituents is 1. The summed E-state index contributed by atoms with van der Waals surface area (Å²) >= 11 is 0. The molecule has 194 valence electrons. The summed E-state index contributed by atoms with van der Waals surface area (Å²) in [4.78, 5) is 25.3. The van der Waals surface area contributed by atoms with Gasteiger partial charge >= 0.3 is 6.16 Å². The van der Waals surface area contributed by atoms with Crippen molar-refractivity contribution < 1.29 is 38.5 Å². The predicted octanol–water partition coefficient (Wildman–Crippen LogP) is 3.72. The van der Waals surface area contributed by atoms with E-state index in [0.717, 1.165) is 5.56 Å². The molecule has 36 heavy (non-hydrogen) atoms. The molecule has 0 amide bonds. The molecule has 1 N–H and O–H groups in total. The number of carbonyl (C=O) groups is 1. The maximum absolute atomic E-state index is 12.5. The third kappa shape index (κ3) is 4.45. The average molecular weight is 503 g/mol. The van der Waals surface area contributed by atoms with E-state index in [0.29, 0.717) is 23.4 Å². The van der Waals surface area contributed by atoms with Crippen LogP contribution in [-0.2, 0) is 25.4 Å². The number of fused-ring (bicyclic) bond motifs is 2. The number of non-ortho nitro benzene ring substituents is 1. The second-order valence-corrected chi connectivity index (χ2v) is 9.19. The van der Waals surface area contributed by atoms with Gasteiger partial charge in [-0.1, -0.05) is 18.2 Å². The van der Waals surface area contributed by atoms with Gasteiger partial charge in [0.1, 0.15) is 11.9 Å². The smallest absolute Gasteiger partial charge is 0.479 e. The number of nitro groups is 1. The third-order valence-corrected chi connectivity index (χ3v) is 6.47. The first kappa shape index (κ1) is 25.7. The number of hydrogen-bond acceptors (Lipinski definition) is 10. The molecule has 2 aliphatic heterocycles. The molecule has 0 saturated heterocycles. The number of nitrogens with zero attached hydrogens (tertiary/aromatic N) is 2. The van der Waals surface area contributed by atoms with Crippen LogP contribution in [0.25, 0.3) is 0 Å². The van der Waals surface area contributed by atoms with E-state index in [-0.39, 0.29) is 11.8 Å². The van der Waals surface area contributed by atoms with Crippen LogP contribution in [0.15, 0.2) is 42.5 Å². The number of ether oxygens (including phenoxy) is 5. The van der Waals surface area contributed by atoms with Crippen molar-refractivity contribution in [1.29, 1.82) is 0 Å². The minimum atomic E-state index is -1.42. The molecule has 0 aliphatic carbocycles. The molecule has 0 saturated carbocycles. The summed E-state index contributed by atoms with van der Waals surface area (Å²) in [6.45, 7) is 5.06. The first-order chi connectivity index (χ1) is 17.1. The molecule has 4 rings (SSSR count). The Hall–Kier alpha value is -3.41. The van der Waals surface area contributed by atoms with Crippen molar-refractivity contribution in [3.63, 3.8) is 0 Å². The zero-order chi connectivity index (χ0) is 26.2. The highest BCUT2D eigenvalue weighted by Gasteiger charge is 2.56. The highest BCUT2D eigenvalue weighted by Crippen LogP contribution is 2.50. The summed E-state index contributed by atoms with van der Waals surface area (Å²) in [7, 11) is 2.85. The fourth-order valence-corrected chi connectivity index (χ4v) is 4.94. The summed E-state index contributed by atoms with van der Waals surface area (Å²) in [5, 5.41) is 23.4. The molecule has 4 atom stereocenters. The highest BCUT2D eigenvalue weighted by molar-refractivity contribution is 5.66. The quantitative estimate of drug-likeness (QED) is 0.259. The van der Waals surface area contributed by atoms with Gasteiger partial charge in [0.25, 0.3) is 5.69 Å². The number of carbonyl (C=O) groups excluding carboxylic acids is 1. The van der Waals surface area contributed by atoms with Crippen LogP contribution >= 0.6 is 0 Å². The molecule has 2 aromatic carbocycles. The predicted molar refractivity (Wildman–Crippen MR) is 128 cm³/mol. The molecule has 0 unspecified atom stereocenters. The van der Waals surface area contributed by atoms with E-state index in [1.807, 2.05) is 24.3 Å². The monoisotopic (exact) mass is 502 g/mol. The molecule has 0 bridgehead atoms. The van der Waals surface area contributed by atoms with Crippen molar-refractivity contribution in [1.82, 2.24) is 0 Å². The van der Waals surface area contributed by atoms with Crippen molar-refractivity contribution >= 4 is 17.5 Å². The lowest BCUT2D eigenvalue weighted by Gasteiger charge is -2.50. The molecule has 11 heteroatoms. The van der Waals surface area contributed by atoms with Gasteiger partial charge in [-0.3, -0.25) is 10.1 Å². The van der Waals surface area contributed by atoms with Crippen LogP contribution in [0.1, 0.15) is 37.9 Å². The van der Waals surface area contributed by atoms with Gasteiger partial charge in [-0.15, -0.1) is 0 Å². The number of hydrogen-bond donors (Lipinski definition) is 1. The second kappa shape index (κ2) is 9.92. The molecular weight excluding hydrogens is 472 g/mol. The van der Waals surface area contributed by atoms with Crippen LogP contribution < -0.4 is 9.64 Å². The summed E-state index contributed by atoms with van der Waals surface area (Å²) in [5.41, 5.74) is 0.358. The minimum absolute atomic E-state index is 0.169. The van der Waals surface area contributed by atoms with E-state index in [1.165, 1.54) is 32.4 Å². The van der Waals surface area contributed by atoms with E-state index in [1.54, 1.807) is 25.7 Å². The lowest BCUT2D eigenvalue weighted by molar-refractivity contribution is -0.385. The Balaban J connectivity index is 1.87. The maximum Gasteiger partial charge on any atom is 0.510 e. The van der Waals surface area contributed by atoms with E-state index >= 15 is 0 Å². The Labute approximate surface area is 208 Å². The average Bonchev–Trinajstić information content (AvgIpc) is 3.17. The molecule has 2 heterocycles. The molecule has 0 fully saturated rings. The summed E-state index contributed by atoms with van der Waals surface area (Å²) < 4.78 is 28.0. The number of rotatable bonds is 7. The van der Waals surface area contributed by atoms with Gasteiger partial charge in [0.05, 0.1) is 17.1 Å². The summed E-state index contributed by atoms with van der Waals surface area (Å²) in [6.07, 6.45) is -4.09. The Kier molecular flexibility index (Phi) is 7.07. The van der Waals surface area contributed by atoms with Crippen LogP contribution in [0.5, 0.6) is 5.75 Å². The second-order valence-electron chi connectivity index (χ2n) is 9.19. The lowest BCUT2D eigenvalue weighted by Crippen LogP contribution is -2.63. The SMILES string of the molecule is COC(OC)[C@@]1(C)Oc2ccc([N+](=O)[O-])cc2[C@H](N2c3ccccc3C[C@@H]2OC(=O)OC(C)C)[C@H]1O. The number of aliphatic hydroxyl groups is 1. The zero-order valence-electron chi connectivity index (χ0n) is 20.7. The highest BCUT2D eigenvalue weighted by atomic mass is 16.7. The fraction of sp³-hybridized carbons (Fsp3) is 0.480. The van der Waals surface area contributed by atoms with Crippen LogP contribution in [-0.4, -0.2) is 60.7 Å². The van der Waals surface area contributed by atoms with Gasteiger partial charge < -0.3 is 33.7 Å². The number of para-hydroxylation sites is 1. The molecule has 2 aliphatic rings. The molecular formula is C25H30N2O9. The zero-order valence-corrected chi connectivity index (χ0v) is 20.7. The number of benzene rings is 2. The number of methoxy groups -OCH3 is 2. The fourth-order valence-electron chi connectivity index (χ4n) is 4.94. The molecule has 2 aromatic rings.